The molecule has 9 heteroatoms. The molecule has 0 N–H and O–H groups in total. The molecule has 6 nitrogen and oxygen atoms in total. The van der Waals surface area contributed by atoms with Crippen LogP contribution in [0.2, 0.25) is 0 Å². The summed E-state index contributed by atoms with van der Waals surface area (Å²) in [6.07, 6.45) is -4.45. The highest BCUT2D eigenvalue weighted by Gasteiger charge is 2.31. The molecule has 17 heavy (non-hydrogen) atoms. The van der Waals surface area contributed by atoms with Crippen molar-refractivity contribution in [3.63, 3.8) is 0 Å². The van der Waals surface area contributed by atoms with Crippen molar-refractivity contribution in [2.45, 2.75) is 19.3 Å². The van der Waals surface area contributed by atoms with Crippen molar-refractivity contribution >= 4 is 5.97 Å². The average molecular weight is 253 g/mol. The van der Waals surface area contributed by atoms with Gasteiger partial charge in [0.2, 0.25) is 0 Å². The van der Waals surface area contributed by atoms with Gasteiger partial charge in [0, 0.05) is 7.11 Å². The number of rotatable bonds is 4. The van der Waals surface area contributed by atoms with E-state index in [1.54, 1.807) is 0 Å². The number of halogens is 3. The summed E-state index contributed by atoms with van der Waals surface area (Å²) in [5, 5.41) is 6.60. The molecule has 0 saturated heterocycles. The first-order chi connectivity index (χ1) is 7.89. The molecule has 0 aliphatic rings. The van der Waals surface area contributed by atoms with E-state index in [4.69, 9.17) is 4.74 Å². The van der Waals surface area contributed by atoms with E-state index in [1.807, 2.05) is 0 Å². The topological polar surface area (TPSA) is 66.2 Å². The van der Waals surface area contributed by atoms with E-state index in [1.165, 1.54) is 7.11 Å². The predicted octanol–water partition coefficient (Wildman–Crippen LogP) is 0.773. The smallest absolute Gasteiger partial charge is 0.408 e. The molecule has 0 aromatic carbocycles. The lowest BCUT2D eigenvalue weighted by Gasteiger charge is -2.09. The highest BCUT2D eigenvalue weighted by Crippen LogP contribution is 2.19. The van der Waals surface area contributed by atoms with Crippen LogP contribution in [0.5, 0.6) is 0 Å². The normalized spacial score (nSPS) is 11.6. The lowest BCUT2D eigenvalue weighted by Crippen LogP contribution is -2.21. The van der Waals surface area contributed by atoms with Crippen LogP contribution in [0.1, 0.15) is 16.2 Å². The molecule has 0 spiro atoms. The van der Waals surface area contributed by atoms with Crippen molar-refractivity contribution in [1.82, 2.24) is 15.0 Å². The van der Waals surface area contributed by atoms with Gasteiger partial charge in [0.25, 0.3) is 0 Å². The fourth-order valence-corrected chi connectivity index (χ4v) is 1.16. The van der Waals surface area contributed by atoms with E-state index in [0.29, 0.717) is 4.68 Å². The molecule has 1 rings (SSSR count). The van der Waals surface area contributed by atoms with Crippen molar-refractivity contribution < 1.29 is 27.4 Å². The largest absolute Gasteiger partial charge is 0.464 e. The van der Waals surface area contributed by atoms with Crippen LogP contribution >= 0.6 is 0 Å². The Labute approximate surface area is 94.3 Å². The second kappa shape index (κ2) is 5.13. The third-order valence-electron chi connectivity index (χ3n) is 1.83. The van der Waals surface area contributed by atoms with Gasteiger partial charge in [-0.1, -0.05) is 5.21 Å². The summed E-state index contributed by atoms with van der Waals surface area (Å²) in [7, 11) is 2.38. The molecule has 0 aliphatic carbocycles. The number of carbonyl (C=O) groups excluding carboxylic acids is 1. The SMILES string of the molecule is COCc1c(C(=O)OC)nnn1CC(F)(F)F. The molecule has 1 aromatic heterocycles. The molecular formula is C8H10F3N3O3. The first kappa shape index (κ1) is 13.4. The van der Waals surface area contributed by atoms with Crippen LogP contribution in [-0.4, -0.2) is 41.4 Å². The lowest BCUT2D eigenvalue weighted by atomic mass is 10.3. The Hall–Kier alpha value is -1.64. The van der Waals surface area contributed by atoms with Gasteiger partial charge in [-0.25, -0.2) is 9.48 Å². The van der Waals surface area contributed by atoms with Gasteiger partial charge >= 0.3 is 12.1 Å². The zero-order valence-electron chi connectivity index (χ0n) is 9.11. The Morgan fingerprint density at radius 3 is 2.53 bits per heavy atom. The second-order valence-corrected chi connectivity index (χ2v) is 3.08. The Morgan fingerprint density at radius 2 is 2.06 bits per heavy atom. The fourth-order valence-electron chi connectivity index (χ4n) is 1.16. The maximum atomic E-state index is 12.2. The molecule has 0 atom stereocenters. The van der Waals surface area contributed by atoms with Crippen LogP contribution < -0.4 is 0 Å². The van der Waals surface area contributed by atoms with Crippen molar-refractivity contribution in [2.75, 3.05) is 14.2 Å². The number of hydrogen-bond donors (Lipinski definition) is 0. The number of aromatic nitrogens is 3. The molecule has 0 saturated carbocycles. The molecule has 96 valence electrons. The van der Waals surface area contributed by atoms with E-state index in [9.17, 15) is 18.0 Å². The zero-order valence-corrected chi connectivity index (χ0v) is 9.11. The van der Waals surface area contributed by atoms with Crippen LogP contribution in [0.4, 0.5) is 13.2 Å². The van der Waals surface area contributed by atoms with Gasteiger partial charge in [-0.15, -0.1) is 5.10 Å². The molecule has 1 heterocycles. The van der Waals surface area contributed by atoms with Crippen LogP contribution in [0.25, 0.3) is 0 Å². The van der Waals surface area contributed by atoms with Crippen molar-refractivity contribution in [1.29, 1.82) is 0 Å². The molecule has 0 radical (unpaired) electrons. The number of carbonyl (C=O) groups is 1. The van der Waals surface area contributed by atoms with Crippen LogP contribution in [0.15, 0.2) is 0 Å². The predicted molar refractivity (Wildman–Crippen MR) is 48.1 cm³/mol. The zero-order chi connectivity index (χ0) is 13.1. The molecular weight excluding hydrogens is 243 g/mol. The van der Waals surface area contributed by atoms with Crippen molar-refractivity contribution in [2.24, 2.45) is 0 Å². The van der Waals surface area contributed by atoms with Crippen LogP contribution in [0, 0.1) is 0 Å². The standard InChI is InChI=1S/C8H10F3N3O3/c1-16-3-5-6(7(15)17-2)12-13-14(5)4-8(9,10)11/h3-4H2,1-2H3. The Kier molecular flexibility index (Phi) is 4.05. The van der Waals surface area contributed by atoms with E-state index in [-0.39, 0.29) is 18.0 Å². The second-order valence-electron chi connectivity index (χ2n) is 3.08. The maximum Gasteiger partial charge on any atom is 0.408 e. The Bertz CT molecular complexity index is 402. The summed E-state index contributed by atoms with van der Waals surface area (Å²) in [4.78, 5) is 11.2. The number of ether oxygens (including phenoxy) is 2. The first-order valence-corrected chi connectivity index (χ1v) is 4.45. The number of alkyl halides is 3. The van der Waals surface area contributed by atoms with Gasteiger partial charge in [-0.3, -0.25) is 0 Å². The van der Waals surface area contributed by atoms with Gasteiger partial charge in [-0.05, 0) is 0 Å². The fraction of sp³-hybridized carbons (Fsp3) is 0.625. The summed E-state index contributed by atoms with van der Waals surface area (Å²) in [5.74, 6) is -0.856. The quantitative estimate of drug-likeness (QED) is 0.741. The van der Waals surface area contributed by atoms with Crippen LogP contribution in [0.3, 0.4) is 0 Å². The minimum Gasteiger partial charge on any atom is -0.464 e. The van der Waals surface area contributed by atoms with Crippen molar-refractivity contribution in [3.05, 3.63) is 11.4 Å². The van der Waals surface area contributed by atoms with Crippen molar-refractivity contribution in [3.8, 4) is 0 Å². The van der Waals surface area contributed by atoms with E-state index >= 15 is 0 Å². The summed E-state index contributed by atoms with van der Waals surface area (Å²) in [6, 6.07) is 0. The van der Waals surface area contributed by atoms with E-state index in [2.05, 4.69) is 15.0 Å². The highest BCUT2D eigenvalue weighted by atomic mass is 19.4. The van der Waals surface area contributed by atoms with E-state index < -0.39 is 18.7 Å². The molecule has 0 bridgehead atoms. The van der Waals surface area contributed by atoms with Gasteiger partial charge in [0.1, 0.15) is 6.54 Å². The van der Waals surface area contributed by atoms with Gasteiger partial charge in [0.15, 0.2) is 5.69 Å². The third-order valence-corrected chi connectivity index (χ3v) is 1.83. The molecule has 1 aromatic rings. The minimum absolute atomic E-state index is 0.0725. The Morgan fingerprint density at radius 1 is 1.41 bits per heavy atom. The van der Waals surface area contributed by atoms with E-state index in [0.717, 1.165) is 7.11 Å². The maximum absolute atomic E-state index is 12.2. The molecule has 0 aliphatic heterocycles. The van der Waals surface area contributed by atoms with Crippen LogP contribution in [-0.2, 0) is 22.6 Å². The number of nitrogens with zero attached hydrogens (tertiary/aromatic N) is 3. The summed E-state index contributed by atoms with van der Waals surface area (Å²) in [5.41, 5.74) is -0.352. The number of esters is 1. The monoisotopic (exact) mass is 253 g/mol. The third kappa shape index (κ3) is 3.41. The molecule has 0 amide bonds. The summed E-state index contributed by atoms with van der Waals surface area (Å²) < 4.78 is 46.3. The summed E-state index contributed by atoms with van der Waals surface area (Å²) in [6.45, 7) is -1.55. The lowest BCUT2D eigenvalue weighted by molar-refractivity contribution is -0.143. The Balaban J connectivity index is 3.06. The molecule has 0 fully saturated rings. The van der Waals surface area contributed by atoms with Gasteiger partial charge < -0.3 is 9.47 Å². The minimum atomic E-state index is -4.45. The highest BCUT2D eigenvalue weighted by molar-refractivity contribution is 5.88. The average Bonchev–Trinajstić information content (AvgIpc) is 2.59. The molecule has 0 unspecified atom stereocenters. The number of methoxy groups -OCH3 is 2. The summed E-state index contributed by atoms with van der Waals surface area (Å²) >= 11 is 0. The van der Waals surface area contributed by atoms with Gasteiger partial charge in [-0.2, -0.15) is 13.2 Å². The number of hydrogen-bond acceptors (Lipinski definition) is 5. The first-order valence-electron chi connectivity index (χ1n) is 4.45. The van der Waals surface area contributed by atoms with Gasteiger partial charge in [0.05, 0.1) is 19.4 Å².